The average molecular weight is 284 g/mol. The van der Waals surface area contributed by atoms with Crippen LogP contribution in [0, 0.1) is 11.3 Å². The van der Waals surface area contributed by atoms with E-state index in [9.17, 15) is 9.59 Å². The van der Waals surface area contributed by atoms with E-state index in [1.807, 2.05) is 13.8 Å². The van der Waals surface area contributed by atoms with Crippen molar-refractivity contribution in [2.45, 2.75) is 58.9 Å². The van der Waals surface area contributed by atoms with Gasteiger partial charge in [0.05, 0.1) is 5.92 Å². The first-order valence-electron chi connectivity index (χ1n) is 7.59. The molecule has 3 N–H and O–H groups in total. The minimum Gasteiger partial charge on any atom is -0.481 e. The van der Waals surface area contributed by atoms with Gasteiger partial charge in [0.1, 0.15) is 0 Å². The number of amides is 1. The normalized spacial score (nSPS) is 20.9. The summed E-state index contributed by atoms with van der Waals surface area (Å²) in [5.74, 6) is -0.915. The van der Waals surface area contributed by atoms with Crippen LogP contribution in [0.2, 0.25) is 0 Å². The number of carboxylic acids is 1. The van der Waals surface area contributed by atoms with Gasteiger partial charge in [0.25, 0.3) is 0 Å². The third kappa shape index (κ3) is 5.12. The topological polar surface area (TPSA) is 78.4 Å². The van der Waals surface area contributed by atoms with Gasteiger partial charge >= 0.3 is 5.97 Å². The van der Waals surface area contributed by atoms with Gasteiger partial charge in [-0.05, 0) is 45.7 Å². The average Bonchev–Trinajstić information content (AvgIpc) is 2.39. The molecule has 1 amide bonds. The monoisotopic (exact) mass is 284 g/mol. The summed E-state index contributed by atoms with van der Waals surface area (Å²) >= 11 is 0. The first kappa shape index (κ1) is 17.0. The number of hydrogen-bond acceptors (Lipinski definition) is 3. The summed E-state index contributed by atoms with van der Waals surface area (Å²) in [7, 11) is 0. The third-order valence-electron chi connectivity index (χ3n) is 4.33. The minimum atomic E-state index is -0.746. The van der Waals surface area contributed by atoms with E-state index in [4.69, 9.17) is 5.11 Å². The van der Waals surface area contributed by atoms with Crippen molar-refractivity contribution in [3.05, 3.63) is 0 Å². The lowest BCUT2D eigenvalue weighted by Crippen LogP contribution is -2.48. The Balaban J connectivity index is 2.29. The van der Waals surface area contributed by atoms with Crippen molar-refractivity contribution in [3.8, 4) is 0 Å². The fourth-order valence-electron chi connectivity index (χ4n) is 2.53. The molecule has 0 aromatic rings. The van der Waals surface area contributed by atoms with Crippen LogP contribution in [-0.4, -0.2) is 36.1 Å². The van der Waals surface area contributed by atoms with Gasteiger partial charge in [0.2, 0.25) is 5.91 Å². The molecule has 1 saturated heterocycles. The van der Waals surface area contributed by atoms with Crippen LogP contribution >= 0.6 is 0 Å². The lowest BCUT2D eigenvalue weighted by Gasteiger charge is -2.33. The van der Waals surface area contributed by atoms with Crippen LogP contribution < -0.4 is 10.6 Å². The standard InChI is InChI=1S/C15H28N2O3/c1-11(13(18)19)5-4-6-12(2)17-14(20)15(3)7-9-16-10-8-15/h11-12,16H,4-10H2,1-3H3,(H,17,20)(H,18,19). The summed E-state index contributed by atoms with van der Waals surface area (Å²) in [6.45, 7) is 7.54. The van der Waals surface area contributed by atoms with Crippen LogP contribution in [0.3, 0.4) is 0 Å². The number of nitrogens with one attached hydrogen (secondary N) is 2. The van der Waals surface area contributed by atoms with Gasteiger partial charge in [-0.15, -0.1) is 0 Å². The molecule has 1 heterocycles. The second kappa shape index (κ2) is 7.62. The highest BCUT2D eigenvalue weighted by atomic mass is 16.4. The Morgan fingerprint density at radius 1 is 1.25 bits per heavy atom. The van der Waals surface area contributed by atoms with Crippen LogP contribution in [0.15, 0.2) is 0 Å². The molecule has 2 atom stereocenters. The summed E-state index contributed by atoms with van der Waals surface area (Å²) < 4.78 is 0. The Hall–Kier alpha value is -1.10. The smallest absolute Gasteiger partial charge is 0.306 e. The molecule has 0 radical (unpaired) electrons. The molecule has 5 nitrogen and oxygen atoms in total. The van der Waals surface area contributed by atoms with E-state index >= 15 is 0 Å². The van der Waals surface area contributed by atoms with Gasteiger partial charge in [0.15, 0.2) is 0 Å². The highest BCUT2D eigenvalue weighted by Gasteiger charge is 2.34. The predicted octanol–water partition coefficient (Wildman–Crippen LogP) is 1.77. The molecule has 1 aliphatic heterocycles. The van der Waals surface area contributed by atoms with Crippen molar-refractivity contribution in [2.75, 3.05) is 13.1 Å². The first-order valence-corrected chi connectivity index (χ1v) is 7.59. The number of carboxylic acid groups (broad SMARTS) is 1. The lowest BCUT2D eigenvalue weighted by atomic mass is 9.80. The zero-order valence-corrected chi connectivity index (χ0v) is 12.9. The maximum Gasteiger partial charge on any atom is 0.306 e. The molecule has 116 valence electrons. The van der Waals surface area contributed by atoms with Gasteiger partial charge in [-0.3, -0.25) is 9.59 Å². The summed E-state index contributed by atoms with van der Waals surface area (Å²) in [4.78, 5) is 23.0. The molecule has 0 aromatic heterocycles. The fourth-order valence-corrected chi connectivity index (χ4v) is 2.53. The number of aliphatic carboxylic acids is 1. The Morgan fingerprint density at radius 2 is 1.85 bits per heavy atom. The Bertz CT molecular complexity index is 338. The van der Waals surface area contributed by atoms with Crippen LogP contribution in [-0.2, 0) is 9.59 Å². The Labute approximate surface area is 121 Å². The fraction of sp³-hybridized carbons (Fsp3) is 0.867. The number of piperidine rings is 1. The largest absolute Gasteiger partial charge is 0.481 e. The lowest BCUT2D eigenvalue weighted by molar-refractivity contribution is -0.141. The SMILES string of the molecule is CC(CCCC(C)C(=O)O)NC(=O)C1(C)CCNCC1. The van der Waals surface area contributed by atoms with Gasteiger partial charge in [0, 0.05) is 11.5 Å². The van der Waals surface area contributed by atoms with E-state index in [0.717, 1.165) is 38.8 Å². The zero-order valence-electron chi connectivity index (χ0n) is 12.9. The van der Waals surface area contributed by atoms with Crippen molar-refractivity contribution in [3.63, 3.8) is 0 Å². The molecule has 0 spiro atoms. The first-order chi connectivity index (χ1) is 9.35. The van der Waals surface area contributed by atoms with Crippen molar-refractivity contribution in [1.82, 2.24) is 10.6 Å². The quantitative estimate of drug-likeness (QED) is 0.666. The van der Waals surface area contributed by atoms with E-state index < -0.39 is 5.97 Å². The Morgan fingerprint density at radius 3 is 2.40 bits per heavy atom. The molecule has 20 heavy (non-hydrogen) atoms. The highest BCUT2D eigenvalue weighted by Crippen LogP contribution is 2.28. The van der Waals surface area contributed by atoms with Crippen molar-refractivity contribution >= 4 is 11.9 Å². The van der Waals surface area contributed by atoms with E-state index in [1.165, 1.54) is 0 Å². The van der Waals surface area contributed by atoms with E-state index in [0.29, 0.717) is 6.42 Å². The molecule has 1 aliphatic rings. The molecule has 0 aromatic carbocycles. The predicted molar refractivity (Wildman–Crippen MR) is 78.5 cm³/mol. The van der Waals surface area contributed by atoms with Gasteiger partial charge < -0.3 is 15.7 Å². The van der Waals surface area contributed by atoms with Crippen LogP contribution in [0.5, 0.6) is 0 Å². The minimum absolute atomic E-state index is 0.107. The third-order valence-corrected chi connectivity index (χ3v) is 4.33. The van der Waals surface area contributed by atoms with Gasteiger partial charge in [-0.1, -0.05) is 20.3 Å². The maximum absolute atomic E-state index is 12.3. The molecular weight excluding hydrogens is 256 g/mol. The molecular formula is C15H28N2O3. The molecule has 0 bridgehead atoms. The zero-order chi connectivity index (χ0) is 15.2. The summed E-state index contributed by atoms with van der Waals surface area (Å²) in [5, 5.41) is 15.2. The van der Waals surface area contributed by atoms with Crippen molar-refractivity contribution in [2.24, 2.45) is 11.3 Å². The second-order valence-electron chi connectivity index (χ2n) is 6.36. The highest BCUT2D eigenvalue weighted by molar-refractivity contribution is 5.82. The molecule has 1 rings (SSSR count). The molecule has 2 unspecified atom stereocenters. The van der Waals surface area contributed by atoms with E-state index in [1.54, 1.807) is 6.92 Å². The number of hydrogen-bond donors (Lipinski definition) is 3. The van der Waals surface area contributed by atoms with E-state index in [2.05, 4.69) is 10.6 Å². The van der Waals surface area contributed by atoms with Gasteiger partial charge in [-0.2, -0.15) is 0 Å². The maximum atomic E-state index is 12.3. The van der Waals surface area contributed by atoms with Crippen molar-refractivity contribution < 1.29 is 14.7 Å². The van der Waals surface area contributed by atoms with Gasteiger partial charge in [-0.25, -0.2) is 0 Å². The summed E-state index contributed by atoms with van der Waals surface area (Å²) in [5.41, 5.74) is -0.256. The number of carbonyl (C=O) groups is 2. The Kier molecular flexibility index (Phi) is 6.46. The number of rotatable bonds is 7. The number of carbonyl (C=O) groups excluding carboxylic acids is 1. The molecule has 5 heteroatoms. The van der Waals surface area contributed by atoms with Crippen LogP contribution in [0.25, 0.3) is 0 Å². The summed E-state index contributed by atoms with van der Waals surface area (Å²) in [6, 6.07) is 0.107. The van der Waals surface area contributed by atoms with Crippen LogP contribution in [0.1, 0.15) is 52.9 Å². The summed E-state index contributed by atoms with van der Waals surface area (Å²) in [6.07, 6.45) is 4.07. The van der Waals surface area contributed by atoms with Crippen LogP contribution in [0.4, 0.5) is 0 Å². The second-order valence-corrected chi connectivity index (χ2v) is 6.36. The molecule has 0 aliphatic carbocycles. The molecule has 1 fully saturated rings. The molecule has 0 saturated carbocycles. The van der Waals surface area contributed by atoms with Crippen molar-refractivity contribution in [1.29, 1.82) is 0 Å². The van der Waals surface area contributed by atoms with E-state index in [-0.39, 0.29) is 23.3 Å².